The third-order valence-corrected chi connectivity index (χ3v) is 2.20. The summed E-state index contributed by atoms with van der Waals surface area (Å²) in [6.45, 7) is 2.01. The van der Waals surface area contributed by atoms with E-state index in [2.05, 4.69) is 17.1 Å². The highest BCUT2D eigenvalue weighted by Gasteiger charge is 1.99. The van der Waals surface area contributed by atoms with Gasteiger partial charge in [-0.25, -0.2) is 0 Å². The highest BCUT2D eigenvalue weighted by atomic mass is 14.7. The molecule has 72 valence electrons. The molecule has 1 heterocycles. The topological polar surface area (TPSA) is 38.9 Å². The van der Waals surface area contributed by atoms with E-state index in [1.807, 2.05) is 31.3 Å². The summed E-state index contributed by atoms with van der Waals surface area (Å²) >= 11 is 0. The Labute approximate surface area is 83.8 Å². The van der Waals surface area contributed by atoms with Crippen LogP contribution in [0.2, 0.25) is 0 Å². The van der Waals surface area contributed by atoms with E-state index in [0.717, 1.165) is 11.9 Å². The van der Waals surface area contributed by atoms with E-state index in [1.165, 1.54) is 10.9 Å². The molecule has 0 spiro atoms. The van der Waals surface area contributed by atoms with Gasteiger partial charge in [-0.15, -0.1) is 0 Å². The van der Waals surface area contributed by atoms with Crippen molar-refractivity contribution in [3.05, 3.63) is 42.1 Å². The number of benzene rings is 1. The highest BCUT2D eigenvalue weighted by molar-refractivity contribution is 5.78. The van der Waals surface area contributed by atoms with Gasteiger partial charge in [-0.1, -0.05) is 18.2 Å². The zero-order chi connectivity index (χ0) is 9.97. The van der Waals surface area contributed by atoms with Gasteiger partial charge in [0.15, 0.2) is 0 Å². The smallest absolute Gasteiger partial charge is 0.0702 e. The van der Waals surface area contributed by atoms with Crippen LogP contribution in [0.15, 0.2) is 36.5 Å². The zero-order valence-electron chi connectivity index (χ0n) is 8.27. The lowest BCUT2D eigenvalue weighted by Crippen LogP contribution is -2.17. The van der Waals surface area contributed by atoms with Gasteiger partial charge >= 0.3 is 0 Å². The number of aromatic nitrogens is 1. The lowest BCUT2D eigenvalue weighted by atomic mass is 10.1. The van der Waals surface area contributed by atoms with Crippen molar-refractivity contribution in [2.75, 3.05) is 0 Å². The summed E-state index contributed by atoms with van der Waals surface area (Å²) < 4.78 is 0. The van der Waals surface area contributed by atoms with Crippen LogP contribution in [0, 0.1) is 0 Å². The Hall–Kier alpha value is -1.41. The van der Waals surface area contributed by atoms with Crippen LogP contribution in [0.25, 0.3) is 10.9 Å². The zero-order valence-corrected chi connectivity index (χ0v) is 8.27. The molecule has 2 heteroatoms. The average molecular weight is 186 g/mol. The van der Waals surface area contributed by atoms with Crippen LogP contribution in [0.3, 0.4) is 0 Å². The fraction of sp³-hybridized carbons (Fsp3) is 0.250. The SMILES string of the molecule is CC(N)Cc1cnc2ccccc2c1. The summed E-state index contributed by atoms with van der Waals surface area (Å²) in [7, 11) is 0. The summed E-state index contributed by atoms with van der Waals surface area (Å²) in [5.41, 5.74) is 7.99. The molecule has 0 saturated carbocycles. The second kappa shape index (κ2) is 3.76. The van der Waals surface area contributed by atoms with Crippen molar-refractivity contribution >= 4 is 10.9 Å². The third-order valence-electron chi connectivity index (χ3n) is 2.20. The number of hydrogen-bond donors (Lipinski definition) is 1. The van der Waals surface area contributed by atoms with Gasteiger partial charge in [-0.2, -0.15) is 0 Å². The molecular formula is C12H14N2. The fourth-order valence-corrected chi connectivity index (χ4v) is 1.60. The molecule has 1 aromatic carbocycles. The molecule has 1 aromatic heterocycles. The van der Waals surface area contributed by atoms with E-state index in [0.29, 0.717) is 0 Å². The van der Waals surface area contributed by atoms with Crippen molar-refractivity contribution in [1.82, 2.24) is 4.98 Å². The lowest BCUT2D eigenvalue weighted by molar-refractivity contribution is 0.737. The first-order chi connectivity index (χ1) is 6.75. The summed E-state index contributed by atoms with van der Waals surface area (Å²) in [4.78, 5) is 4.38. The van der Waals surface area contributed by atoms with Crippen LogP contribution in [0.5, 0.6) is 0 Å². The van der Waals surface area contributed by atoms with E-state index in [1.54, 1.807) is 0 Å². The van der Waals surface area contributed by atoms with Gasteiger partial charge in [0.25, 0.3) is 0 Å². The molecule has 0 bridgehead atoms. The van der Waals surface area contributed by atoms with E-state index in [9.17, 15) is 0 Å². The van der Waals surface area contributed by atoms with Gasteiger partial charge in [-0.3, -0.25) is 4.98 Å². The number of nitrogens with zero attached hydrogens (tertiary/aromatic N) is 1. The Morgan fingerprint density at radius 2 is 2.14 bits per heavy atom. The van der Waals surface area contributed by atoms with Gasteiger partial charge < -0.3 is 5.73 Å². The van der Waals surface area contributed by atoms with Crippen molar-refractivity contribution < 1.29 is 0 Å². The second-order valence-electron chi connectivity index (χ2n) is 3.72. The number of nitrogens with two attached hydrogens (primary N) is 1. The fourth-order valence-electron chi connectivity index (χ4n) is 1.60. The molecule has 0 saturated heterocycles. The van der Waals surface area contributed by atoms with Crippen LogP contribution >= 0.6 is 0 Å². The van der Waals surface area contributed by atoms with E-state index in [4.69, 9.17) is 5.73 Å². The molecule has 14 heavy (non-hydrogen) atoms. The Bertz CT molecular complexity index is 435. The van der Waals surface area contributed by atoms with E-state index >= 15 is 0 Å². The molecule has 2 aromatic rings. The normalized spacial score (nSPS) is 13.0. The molecule has 2 N–H and O–H groups in total. The molecule has 2 rings (SSSR count). The maximum atomic E-state index is 5.74. The van der Waals surface area contributed by atoms with E-state index < -0.39 is 0 Å². The molecule has 2 nitrogen and oxygen atoms in total. The number of para-hydroxylation sites is 1. The minimum atomic E-state index is 0.193. The molecule has 1 atom stereocenters. The minimum Gasteiger partial charge on any atom is -0.328 e. The molecule has 0 radical (unpaired) electrons. The van der Waals surface area contributed by atoms with Crippen LogP contribution < -0.4 is 5.73 Å². The van der Waals surface area contributed by atoms with E-state index in [-0.39, 0.29) is 6.04 Å². The van der Waals surface area contributed by atoms with Gasteiger partial charge in [0, 0.05) is 17.6 Å². The first-order valence-corrected chi connectivity index (χ1v) is 4.85. The lowest BCUT2D eigenvalue weighted by Gasteiger charge is -2.05. The van der Waals surface area contributed by atoms with Crippen molar-refractivity contribution in [2.45, 2.75) is 19.4 Å². The molecule has 0 aliphatic rings. The average Bonchev–Trinajstić information content (AvgIpc) is 2.17. The van der Waals surface area contributed by atoms with Crippen molar-refractivity contribution in [2.24, 2.45) is 5.73 Å². The van der Waals surface area contributed by atoms with Crippen molar-refractivity contribution in [3.8, 4) is 0 Å². The second-order valence-corrected chi connectivity index (χ2v) is 3.72. The predicted octanol–water partition coefficient (Wildman–Crippen LogP) is 2.12. The first kappa shape index (κ1) is 9.16. The van der Waals surface area contributed by atoms with Crippen LogP contribution in [0.4, 0.5) is 0 Å². The van der Waals surface area contributed by atoms with Crippen molar-refractivity contribution in [1.29, 1.82) is 0 Å². The standard InChI is InChI=1S/C12H14N2/c1-9(13)6-10-7-11-4-2-3-5-12(11)14-8-10/h2-5,7-9H,6,13H2,1H3. The summed E-state index contributed by atoms with van der Waals surface area (Å²) in [6, 6.07) is 10.5. The Morgan fingerprint density at radius 1 is 1.36 bits per heavy atom. The van der Waals surface area contributed by atoms with Gasteiger partial charge in [0.1, 0.15) is 0 Å². The van der Waals surface area contributed by atoms with Gasteiger partial charge in [0.05, 0.1) is 5.52 Å². The predicted molar refractivity (Wildman–Crippen MR) is 59.1 cm³/mol. The Balaban J connectivity index is 2.41. The first-order valence-electron chi connectivity index (χ1n) is 4.85. The maximum absolute atomic E-state index is 5.74. The van der Waals surface area contributed by atoms with Crippen LogP contribution in [-0.4, -0.2) is 11.0 Å². The van der Waals surface area contributed by atoms with Gasteiger partial charge in [-0.05, 0) is 31.0 Å². The molecular weight excluding hydrogens is 172 g/mol. The maximum Gasteiger partial charge on any atom is 0.0702 e. The molecule has 1 unspecified atom stereocenters. The summed E-state index contributed by atoms with van der Waals surface area (Å²) in [5, 5.41) is 1.19. The quantitative estimate of drug-likeness (QED) is 0.780. The Morgan fingerprint density at radius 3 is 2.93 bits per heavy atom. The Kier molecular flexibility index (Phi) is 2.46. The highest BCUT2D eigenvalue weighted by Crippen LogP contribution is 2.13. The monoisotopic (exact) mass is 186 g/mol. The van der Waals surface area contributed by atoms with Crippen LogP contribution in [-0.2, 0) is 6.42 Å². The molecule has 0 fully saturated rings. The molecule has 0 aliphatic heterocycles. The number of fused-ring (bicyclic) bond motifs is 1. The number of rotatable bonds is 2. The largest absolute Gasteiger partial charge is 0.328 e. The molecule has 0 amide bonds. The van der Waals surface area contributed by atoms with Crippen LogP contribution in [0.1, 0.15) is 12.5 Å². The van der Waals surface area contributed by atoms with Crippen molar-refractivity contribution in [3.63, 3.8) is 0 Å². The number of hydrogen-bond acceptors (Lipinski definition) is 2. The summed E-state index contributed by atoms with van der Waals surface area (Å²) in [5.74, 6) is 0. The number of pyridine rings is 1. The summed E-state index contributed by atoms with van der Waals surface area (Å²) in [6.07, 6.45) is 2.80. The molecule has 0 aliphatic carbocycles. The minimum absolute atomic E-state index is 0.193. The van der Waals surface area contributed by atoms with Gasteiger partial charge in [0.2, 0.25) is 0 Å². The third kappa shape index (κ3) is 1.91.